The van der Waals surface area contributed by atoms with Gasteiger partial charge in [-0.2, -0.15) is 5.10 Å². The van der Waals surface area contributed by atoms with Crippen molar-refractivity contribution < 1.29 is 13.9 Å². The lowest BCUT2D eigenvalue weighted by molar-refractivity contribution is 0.102. The minimum atomic E-state index is -0.358. The van der Waals surface area contributed by atoms with E-state index in [4.69, 9.17) is 20.8 Å². The smallest absolute Gasteiger partial charge is 0.321 e. The molecule has 1 N–H and O–H groups in total. The molecule has 0 fully saturated rings. The van der Waals surface area contributed by atoms with Crippen molar-refractivity contribution >= 4 is 23.2 Å². The number of furan rings is 1. The Morgan fingerprint density at radius 3 is 2.53 bits per heavy atom. The van der Waals surface area contributed by atoms with E-state index in [9.17, 15) is 4.79 Å². The van der Waals surface area contributed by atoms with Crippen LogP contribution in [-0.2, 0) is 0 Å². The summed E-state index contributed by atoms with van der Waals surface area (Å²) in [7, 11) is 0. The van der Waals surface area contributed by atoms with Gasteiger partial charge in [0.1, 0.15) is 11.4 Å². The van der Waals surface area contributed by atoms with Crippen molar-refractivity contribution in [1.29, 1.82) is 0 Å². The summed E-state index contributed by atoms with van der Waals surface area (Å²) < 4.78 is 12.9. The van der Waals surface area contributed by atoms with Gasteiger partial charge in [0.15, 0.2) is 11.5 Å². The van der Waals surface area contributed by atoms with Crippen LogP contribution in [0, 0.1) is 6.92 Å². The van der Waals surface area contributed by atoms with E-state index in [0.717, 1.165) is 11.3 Å². The molecule has 8 nitrogen and oxygen atoms in total. The molecule has 0 bridgehead atoms. The predicted octanol–water partition coefficient (Wildman–Crippen LogP) is 5.93. The Bertz CT molecular complexity index is 1430. The van der Waals surface area contributed by atoms with Crippen molar-refractivity contribution in [2.45, 2.75) is 6.92 Å². The number of halogens is 1. The summed E-state index contributed by atoms with van der Waals surface area (Å²) in [5.74, 6) is 0.791. The summed E-state index contributed by atoms with van der Waals surface area (Å²) in [6.45, 7) is 1.87. The van der Waals surface area contributed by atoms with Crippen LogP contribution < -0.4 is 10.1 Å². The first kappa shape index (κ1) is 21.4. The molecule has 0 atom stereocenters. The van der Waals surface area contributed by atoms with Crippen LogP contribution in [0.2, 0.25) is 5.02 Å². The molecule has 0 aliphatic carbocycles. The number of carbonyl (C=O) groups excluding carboxylic acids is 1. The van der Waals surface area contributed by atoms with E-state index in [1.165, 1.54) is 0 Å². The van der Waals surface area contributed by atoms with Gasteiger partial charge in [0.05, 0.1) is 12.0 Å². The molecular formula is C25H18ClN5O3. The Labute approximate surface area is 199 Å². The van der Waals surface area contributed by atoms with Gasteiger partial charge in [-0.1, -0.05) is 11.6 Å². The molecule has 3 heterocycles. The largest absolute Gasteiger partial charge is 0.463 e. The van der Waals surface area contributed by atoms with Crippen molar-refractivity contribution in [3.63, 3.8) is 0 Å². The summed E-state index contributed by atoms with van der Waals surface area (Å²) in [6, 6.07) is 19.7. The first-order valence-electron chi connectivity index (χ1n) is 10.3. The maximum atomic E-state index is 13.1. The van der Waals surface area contributed by atoms with Crippen LogP contribution in [0.5, 0.6) is 11.8 Å². The van der Waals surface area contributed by atoms with Crippen molar-refractivity contribution in [3.05, 3.63) is 102 Å². The summed E-state index contributed by atoms with van der Waals surface area (Å²) in [5, 5.41) is 8.04. The van der Waals surface area contributed by atoms with Gasteiger partial charge in [-0.15, -0.1) is 0 Å². The van der Waals surface area contributed by atoms with Gasteiger partial charge in [-0.3, -0.25) is 4.79 Å². The summed E-state index contributed by atoms with van der Waals surface area (Å²) in [6.07, 6.45) is 4.77. The first-order valence-corrected chi connectivity index (χ1v) is 10.7. The molecule has 0 aliphatic rings. The minimum absolute atomic E-state index is 0.235. The van der Waals surface area contributed by atoms with Crippen molar-refractivity contribution in [2.24, 2.45) is 0 Å². The molecule has 34 heavy (non-hydrogen) atoms. The minimum Gasteiger partial charge on any atom is -0.463 e. The molecule has 9 heteroatoms. The quantitative estimate of drug-likeness (QED) is 0.330. The van der Waals surface area contributed by atoms with E-state index < -0.39 is 0 Å². The van der Waals surface area contributed by atoms with Gasteiger partial charge in [0.25, 0.3) is 5.91 Å². The molecule has 0 saturated heterocycles. The van der Waals surface area contributed by atoms with E-state index in [2.05, 4.69) is 20.4 Å². The number of anilines is 1. The molecule has 0 saturated carbocycles. The molecule has 2 aromatic carbocycles. The maximum absolute atomic E-state index is 13.1. The Kier molecular flexibility index (Phi) is 5.80. The molecule has 168 valence electrons. The van der Waals surface area contributed by atoms with E-state index in [-0.39, 0.29) is 17.6 Å². The first-order chi connectivity index (χ1) is 16.6. The van der Waals surface area contributed by atoms with E-state index in [1.807, 2.05) is 25.1 Å². The predicted molar refractivity (Wildman–Crippen MR) is 128 cm³/mol. The zero-order chi connectivity index (χ0) is 23.5. The molecule has 0 radical (unpaired) electrons. The molecule has 0 unspecified atom stereocenters. The third-order valence-electron chi connectivity index (χ3n) is 4.98. The van der Waals surface area contributed by atoms with Crippen LogP contribution in [-0.4, -0.2) is 25.7 Å². The average molecular weight is 472 g/mol. The fourth-order valence-electron chi connectivity index (χ4n) is 3.34. The van der Waals surface area contributed by atoms with Crippen LogP contribution in [0.3, 0.4) is 0 Å². The van der Waals surface area contributed by atoms with Gasteiger partial charge in [0.2, 0.25) is 0 Å². The van der Waals surface area contributed by atoms with E-state index in [0.29, 0.717) is 27.9 Å². The Morgan fingerprint density at radius 2 is 1.82 bits per heavy atom. The monoisotopic (exact) mass is 471 g/mol. The molecule has 0 spiro atoms. The normalized spacial score (nSPS) is 10.8. The number of amides is 1. The molecular weight excluding hydrogens is 454 g/mol. The van der Waals surface area contributed by atoms with Gasteiger partial charge >= 0.3 is 6.01 Å². The van der Waals surface area contributed by atoms with Gasteiger partial charge in [-0.25, -0.2) is 14.6 Å². The third-order valence-corrected chi connectivity index (χ3v) is 5.24. The lowest BCUT2D eigenvalue weighted by Crippen LogP contribution is -2.14. The van der Waals surface area contributed by atoms with Crippen LogP contribution >= 0.6 is 11.6 Å². The van der Waals surface area contributed by atoms with Gasteiger partial charge in [-0.05, 0) is 73.2 Å². The number of aryl methyl sites for hydroxylation is 1. The van der Waals surface area contributed by atoms with E-state index >= 15 is 0 Å². The fraction of sp³-hybridized carbons (Fsp3) is 0.0400. The zero-order valence-corrected chi connectivity index (χ0v) is 18.7. The second-order valence-electron chi connectivity index (χ2n) is 7.34. The van der Waals surface area contributed by atoms with E-state index in [1.54, 1.807) is 71.9 Å². The lowest BCUT2D eigenvalue weighted by atomic mass is 10.2. The summed E-state index contributed by atoms with van der Waals surface area (Å²) >= 11 is 6.03. The number of benzene rings is 2. The highest BCUT2D eigenvalue weighted by atomic mass is 35.5. The number of nitrogens with one attached hydrogen (secondary N) is 1. The van der Waals surface area contributed by atoms with Crippen LogP contribution in [0.1, 0.15) is 16.1 Å². The van der Waals surface area contributed by atoms with Crippen molar-refractivity contribution in [3.8, 4) is 28.9 Å². The fourth-order valence-corrected chi connectivity index (χ4v) is 3.47. The molecule has 3 aromatic heterocycles. The highest BCUT2D eigenvalue weighted by Gasteiger charge is 2.19. The van der Waals surface area contributed by atoms with Crippen LogP contribution in [0.25, 0.3) is 17.1 Å². The SMILES string of the molecule is Cc1cc(Oc2ncccn2)ccc1NC(=O)c1cc(-c2ccco2)n(-c2ccc(Cl)cc2)n1. The maximum Gasteiger partial charge on any atom is 0.321 e. The summed E-state index contributed by atoms with van der Waals surface area (Å²) in [4.78, 5) is 21.2. The molecule has 5 rings (SSSR count). The number of aromatic nitrogens is 4. The van der Waals surface area contributed by atoms with Gasteiger partial charge in [0, 0.05) is 29.2 Å². The zero-order valence-electron chi connectivity index (χ0n) is 18.0. The second kappa shape index (κ2) is 9.21. The topological polar surface area (TPSA) is 95.1 Å². The number of hydrogen-bond acceptors (Lipinski definition) is 6. The highest BCUT2D eigenvalue weighted by molar-refractivity contribution is 6.30. The number of rotatable bonds is 6. The number of nitrogens with zero attached hydrogens (tertiary/aromatic N) is 4. The number of ether oxygens (including phenoxy) is 1. The lowest BCUT2D eigenvalue weighted by Gasteiger charge is -2.09. The van der Waals surface area contributed by atoms with Gasteiger partial charge < -0.3 is 14.5 Å². The average Bonchev–Trinajstić information content (AvgIpc) is 3.52. The second-order valence-corrected chi connectivity index (χ2v) is 7.78. The van der Waals surface area contributed by atoms with Crippen LogP contribution in [0.15, 0.2) is 89.8 Å². The Balaban J connectivity index is 1.40. The standard InChI is InChI=1S/C25H18ClN5O3/c1-16-14-19(34-25-27-11-3-12-28-25)9-10-20(16)29-24(32)21-15-22(23-4-2-13-33-23)31(30-21)18-7-5-17(26)6-8-18/h2-15H,1H3,(H,29,32). The van der Waals surface area contributed by atoms with Crippen molar-refractivity contribution in [2.75, 3.05) is 5.32 Å². The Morgan fingerprint density at radius 1 is 1.03 bits per heavy atom. The summed E-state index contributed by atoms with van der Waals surface area (Å²) in [5.41, 5.74) is 3.06. The molecule has 5 aromatic rings. The molecule has 0 aliphatic heterocycles. The highest BCUT2D eigenvalue weighted by Crippen LogP contribution is 2.27. The molecule has 1 amide bonds. The number of carbonyl (C=O) groups is 1. The van der Waals surface area contributed by atoms with Crippen molar-refractivity contribution in [1.82, 2.24) is 19.7 Å². The van der Waals surface area contributed by atoms with Crippen LogP contribution in [0.4, 0.5) is 5.69 Å². The Hall–Kier alpha value is -4.43. The third kappa shape index (κ3) is 4.53. The number of hydrogen-bond donors (Lipinski definition) is 1.